The summed E-state index contributed by atoms with van der Waals surface area (Å²) in [5, 5.41) is 0. The zero-order valence-corrected chi connectivity index (χ0v) is 11.7. The highest BCUT2D eigenvalue weighted by molar-refractivity contribution is 5.51. The Morgan fingerprint density at radius 1 is 1.32 bits per heavy atom. The van der Waals surface area contributed by atoms with Crippen molar-refractivity contribution in [3.8, 4) is 5.75 Å². The van der Waals surface area contributed by atoms with Crippen molar-refractivity contribution in [2.75, 3.05) is 39.6 Å². The lowest BCUT2D eigenvalue weighted by Crippen LogP contribution is -2.29. The van der Waals surface area contributed by atoms with E-state index in [1.807, 2.05) is 18.2 Å². The van der Waals surface area contributed by atoms with Gasteiger partial charge in [-0.1, -0.05) is 12.1 Å². The average Bonchev–Trinajstić information content (AvgIpc) is 2.43. The summed E-state index contributed by atoms with van der Waals surface area (Å²) in [7, 11) is 3.40. The Morgan fingerprint density at radius 3 is 2.74 bits per heavy atom. The Hall–Kier alpha value is -1.52. The van der Waals surface area contributed by atoms with Gasteiger partial charge in [-0.3, -0.25) is 4.90 Å². The minimum Gasteiger partial charge on any atom is -0.497 e. The van der Waals surface area contributed by atoms with E-state index in [4.69, 9.17) is 15.2 Å². The van der Waals surface area contributed by atoms with E-state index in [0.717, 1.165) is 49.7 Å². The molecule has 0 amide bonds. The zero-order valence-electron chi connectivity index (χ0n) is 11.7. The number of nitrogens with two attached hydrogens (primary N) is 1. The van der Waals surface area contributed by atoms with Crippen LogP contribution in [0.15, 0.2) is 29.8 Å². The number of methoxy groups -OCH3 is 2. The molecule has 0 bridgehead atoms. The Bertz CT molecular complexity index is 457. The van der Waals surface area contributed by atoms with Crippen molar-refractivity contribution in [1.82, 2.24) is 4.90 Å². The lowest BCUT2D eigenvalue weighted by molar-refractivity contribution is 0.210. The average molecular weight is 262 g/mol. The molecular weight excluding hydrogens is 240 g/mol. The molecule has 2 N–H and O–H groups in total. The Balaban J connectivity index is 1.95. The number of nitrogen functional groups attached to an aromatic ring is 1. The molecule has 0 aliphatic carbocycles. The molecule has 0 atom stereocenters. The number of nitrogens with zero attached hydrogens (tertiary/aromatic N) is 1. The molecule has 2 rings (SSSR count). The smallest absolute Gasteiger partial charge is 0.120 e. The van der Waals surface area contributed by atoms with Crippen molar-refractivity contribution < 1.29 is 9.47 Å². The maximum absolute atomic E-state index is 6.05. The van der Waals surface area contributed by atoms with Crippen LogP contribution in [0, 0.1) is 0 Å². The molecule has 0 fully saturated rings. The lowest BCUT2D eigenvalue weighted by atomic mass is 10.1. The van der Waals surface area contributed by atoms with Gasteiger partial charge in [0.25, 0.3) is 0 Å². The van der Waals surface area contributed by atoms with Gasteiger partial charge in [-0.05, 0) is 23.6 Å². The standard InChI is InChI=1S/C15H22N2O2/c1-18-11-12-5-7-17(8-6-12)10-13-3-4-14(19-2)9-15(13)16/h3-5,9H,6-8,10-11,16H2,1-2H3. The van der Waals surface area contributed by atoms with Crippen LogP contribution in [0.25, 0.3) is 0 Å². The Labute approximate surface area is 114 Å². The van der Waals surface area contributed by atoms with E-state index in [0.29, 0.717) is 0 Å². The van der Waals surface area contributed by atoms with E-state index in [2.05, 4.69) is 11.0 Å². The third-order valence-corrected chi connectivity index (χ3v) is 3.46. The van der Waals surface area contributed by atoms with Crippen molar-refractivity contribution in [3.63, 3.8) is 0 Å². The van der Waals surface area contributed by atoms with Gasteiger partial charge >= 0.3 is 0 Å². The van der Waals surface area contributed by atoms with E-state index < -0.39 is 0 Å². The van der Waals surface area contributed by atoms with Crippen LogP contribution in [-0.2, 0) is 11.3 Å². The normalized spacial score (nSPS) is 16.2. The number of hydrogen-bond acceptors (Lipinski definition) is 4. The van der Waals surface area contributed by atoms with Crippen molar-refractivity contribution >= 4 is 5.69 Å². The highest BCUT2D eigenvalue weighted by Gasteiger charge is 2.13. The predicted molar refractivity (Wildman–Crippen MR) is 77.3 cm³/mol. The van der Waals surface area contributed by atoms with Crippen LogP contribution in [0.1, 0.15) is 12.0 Å². The van der Waals surface area contributed by atoms with Crippen molar-refractivity contribution in [2.45, 2.75) is 13.0 Å². The number of benzene rings is 1. The first-order valence-electron chi connectivity index (χ1n) is 6.54. The first-order chi connectivity index (χ1) is 9.22. The van der Waals surface area contributed by atoms with E-state index in [1.165, 1.54) is 5.57 Å². The van der Waals surface area contributed by atoms with Gasteiger partial charge in [0.1, 0.15) is 5.75 Å². The summed E-state index contributed by atoms with van der Waals surface area (Å²) in [6, 6.07) is 5.88. The molecule has 0 aromatic heterocycles. The minimum absolute atomic E-state index is 0.749. The molecule has 4 heteroatoms. The molecule has 0 saturated carbocycles. The fraction of sp³-hybridized carbons (Fsp3) is 0.467. The largest absolute Gasteiger partial charge is 0.497 e. The molecule has 0 saturated heterocycles. The maximum Gasteiger partial charge on any atom is 0.120 e. The van der Waals surface area contributed by atoms with Crippen LogP contribution in [0.5, 0.6) is 5.75 Å². The molecule has 19 heavy (non-hydrogen) atoms. The van der Waals surface area contributed by atoms with Gasteiger partial charge in [0.2, 0.25) is 0 Å². The monoisotopic (exact) mass is 262 g/mol. The number of hydrogen-bond donors (Lipinski definition) is 1. The number of ether oxygens (including phenoxy) is 2. The maximum atomic E-state index is 6.05. The summed E-state index contributed by atoms with van der Waals surface area (Å²) < 4.78 is 10.3. The summed E-state index contributed by atoms with van der Waals surface area (Å²) >= 11 is 0. The SMILES string of the molecule is COCC1=CCN(Cc2ccc(OC)cc2N)CC1. The van der Waals surface area contributed by atoms with Gasteiger partial charge in [-0.2, -0.15) is 0 Å². The number of rotatable bonds is 5. The van der Waals surface area contributed by atoms with Crippen LogP contribution in [0.3, 0.4) is 0 Å². The molecule has 0 spiro atoms. The minimum atomic E-state index is 0.749. The van der Waals surface area contributed by atoms with Crippen LogP contribution < -0.4 is 10.5 Å². The fourth-order valence-electron chi connectivity index (χ4n) is 2.30. The van der Waals surface area contributed by atoms with E-state index in [1.54, 1.807) is 14.2 Å². The van der Waals surface area contributed by atoms with Crippen LogP contribution in [-0.4, -0.2) is 38.8 Å². The van der Waals surface area contributed by atoms with Crippen molar-refractivity contribution in [1.29, 1.82) is 0 Å². The zero-order chi connectivity index (χ0) is 13.7. The third kappa shape index (κ3) is 3.72. The highest BCUT2D eigenvalue weighted by Crippen LogP contribution is 2.22. The van der Waals surface area contributed by atoms with E-state index >= 15 is 0 Å². The molecule has 0 radical (unpaired) electrons. The van der Waals surface area contributed by atoms with Crippen LogP contribution in [0.4, 0.5) is 5.69 Å². The summed E-state index contributed by atoms with van der Waals surface area (Å²) in [5.74, 6) is 0.808. The first-order valence-corrected chi connectivity index (χ1v) is 6.54. The third-order valence-electron chi connectivity index (χ3n) is 3.46. The number of anilines is 1. The van der Waals surface area contributed by atoms with Gasteiger partial charge in [0.15, 0.2) is 0 Å². The predicted octanol–water partition coefficient (Wildman–Crippen LogP) is 2.06. The molecule has 104 valence electrons. The van der Waals surface area contributed by atoms with E-state index in [-0.39, 0.29) is 0 Å². The molecule has 1 aromatic carbocycles. The van der Waals surface area contributed by atoms with Crippen molar-refractivity contribution in [2.24, 2.45) is 0 Å². The molecule has 1 heterocycles. The molecule has 1 aromatic rings. The molecule has 1 aliphatic rings. The van der Waals surface area contributed by atoms with Crippen LogP contribution >= 0.6 is 0 Å². The summed E-state index contributed by atoms with van der Waals surface area (Å²) in [5.41, 5.74) is 9.39. The summed E-state index contributed by atoms with van der Waals surface area (Å²) in [4.78, 5) is 2.39. The first kappa shape index (κ1) is 13.9. The second-order valence-corrected chi connectivity index (χ2v) is 4.85. The topological polar surface area (TPSA) is 47.7 Å². The second kappa shape index (κ2) is 6.59. The van der Waals surface area contributed by atoms with Crippen LogP contribution in [0.2, 0.25) is 0 Å². The summed E-state index contributed by atoms with van der Waals surface area (Å²) in [6.45, 7) is 3.65. The van der Waals surface area contributed by atoms with Gasteiger partial charge in [0, 0.05) is 38.5 Å². The molecule has 0 unspecified atom stereocenters. The van der Waals surface area contributed by atoms with Gasteiger partial charge in [-0.15, -0.1) is 0 Å². The lowest BCUT2D eigenvalue weighted by Gasteiger charge is -2.26. The Kier molecular flexibility index (Phi) is 4.82. The van der Waals surface area contributed by atoms with Gasteiger partial charge < -0.3 is 15.2 Å². The molecule has 4 nitrogen and oxygen atoms in total. The molecule has 1 aliphatic heterocycles. The highest BCUT2D eigenvalue weighted by atomic mass is 16.5. The quantitative estimate of drug-likeness (QED) is 0.652. The van der Waals surface area contributed by atoms with Crippen molar-refractivity contribution in [3.05, 3.63) is 35.4 Å². The molecular formula is C15H22N2O2. The summed E-state index contributed by atoms with van der Waals surface area (Å²) in [6.07, 6.45) is 3.33. The van der Waals surface area contributed by atoms with E-state index in [9.17, 15) is 0 Å². The Morgan fingerprint density at radius 2 is 2.16 bits per heavy atom. The second-order valence-electron chi connectivity index (χ2n) is 4.85. The van der Waals surface area contributed by atoms with Gasteiger partial charge in [0.05, 0.1) is 13.7 Å². The van der Waals surface area contributed by atoms with Gasteiger partial charge in [-0.25, -0.2) is 0 Å². The fourth-order valence-corrected chi connectivity index (χ4v) is 2.30.